The molecule has 25 heavy (non-hydrogen) atoms. The zero-order chi connectivity index (χ0) is 17.4. The Kier molecular flexibility index (Phi) is 3.95. The molecule has 2 atom stereocenters. The van der Waals surface area contributed by atoms with E-state index in [0.717, 1.165) is 15.1 Å². The van der Waals surface area contributed by atoms with E-state index in [9.17, 15) is 10.1 Å². The Morgan fingerprint density at radius 1 is 1.32 bits per heavy atom. The van der Waals surface area contributed by atoms with Gasteiger partial charge in [-0.2, -0.15) is 5.26 Å². The van der Waals surface area contributed by atoms with Crippen LogP contribution in [0.15, 0.2) is 41.8 Å². The molecule has 2 unspecified atom stereocenters. The fourth-order valence-corrected chi connectivity index (χ4v) is 4.80. The van der Waals surface area contributed by atoms with Crippen LogP contribution in [-0.2, 0) is 4.79 Å². The average molecular weight is 367 g/mol. The third kappa shape index (κ3) is 2.77. The number of hydrogen-bond donors (Lipinski definition) is 2. The summed E-state index contributed by atoms with van der Waals surface area (Å²) in [5.41, 5.74) is 3.57. The van der Waals surface area contributed by atoms with Gasteiger partial charge < -0.3 is 0 Å². The molecule has 3 aromatic rings. The number of aromatic nitrogens is 1. The molecule has 0 radical (unpaired) electrons. The smallest absolute Gasteiger partial charge is 0.246 e. The van der Waals surface area contributed by atoms with Crippen molar-refractivity contribution in [1.82, 2.24) is 15.4 Å². The number of benzene rings is 1. The highest BCUT2D eigenvalue weighted by Gasteiger charge is 2.39. The molecular weight excluding hydrogens is 354 g/mol. The summed E-state index contributed by atoms with van der Waals surface area (Å²) in [5, 5.41) is 22.2. The zero-order valence-corrected chi connectivity index (χ0v) is 14.6. The van der Waals surface area contributed by atoms with E-state index in [4.69, 9.17) is 5.41 Å². The molecule has 6 nitrogen and oxygen atoms in total. The van der Waals surface area contributed by atoms with Crippen molar-refractivity contribution in [2.45, 2.75) is 18.4 Å². The number of amidine groups is 1. The van der Waals surface area contributed by atoms with E-state index in [1.54, 1.807) is 0 Å². The van der Waals surface area contributed by atoms with Crippen molar-refractivity contribution in [3.05, 3.63) is 51.7 Å². The second-order valence-electron chi connectivity index (χ2n) is 5.62. The van der Waals surface area contributed by atoms with Crippen molar-refractivity contribution in [1.29, 1.82) is 10.7 Å². The highest BCUT2D eigenvalue weighted by Crippen LogP contribution is 2.40. The SMILES string of the molecule is N#CC(c1nc2ccccc2s1)C(c1cccs1)N1NC(=O)CC1=N. The third-order valence-electron chi connectivity index (χ3n) is 4.01. The minimum Gasteiger partial charge on any atom is -0.287 e. The van der Waals surface area contributed by atoms with Gasteiger partial charge in [0.25, 0.3) is 0 Å². The number of amides is 1. The summed E-state index contributed by atoms with van der Waals surface area (Å²) in [5.74, 6) is -0.646. The predicted octanol–water partition coefficient (Wildman–Crippen LogP) is 3.42. The molecule has 1 saturated heterocycles. The van der Waals surface area contributed by atoms with Crippen molar-refractivity contribution >= 4 is 44.6 Å². The number of nitriles is 1. The van der Waals surface area contributed by atoms with E-state index in [1.807, 2.05) is 41.8 Å². The van der Waals surface area contributed by atoms with Crippen LogP contribution in [0.5, 0.6) is 0 Å². The molecule has 1 amide bonds. The maximum absolute atomic E-state index is 11.7. The van der Waals surface area contributed by atoms with Crippen molar-refractivity contribution < 1.29 is 4.79 Å². The molecule has 0 saturated carbocycles. The quantitative estimate of drug-likeness (QED) is 0.739. The summed E-state index contributed by atoms with van der Waals surface area (Å²) >= 11 is 2.98. The lowest BCUT2D eigenvalue weighted by Crippen LogP contribution is -2.41. The first-order valence-corrected chi connectivity index (χ1v) is 9.31. The number of thiophene rings is 1. The van der Waals surface area contributed by atoms with Gasteiger partial charge in [0.1, 0.15) is 22.8 Å². The summed E-state index contributed by atoms with van der Waals surface area (Å²) in [4.78, 5) is 17.3. The molecule has 2 N–H and O–H groups in total. The lowest BCUT2D eigenvalue weighted by Gasteiger charge is -2.30. The van der Waals surface area contributed by atoms with Crippen LogP contribution in [0.3, 0.4) is 0 Å². The summed E-state index contributed by atoms with van der Waals surface area (Å²) < 4.78 is 1.02. The van der Waals surface area contributed by atoms with E-state index in [2.05, 4.69) is 16.5 Å². The van der Waals surface area contributed by atoms with Gasteiger partial charge in [-0.1, -0.05) is 18.2 Å². The van der Waals surface area contributed by atoms with Crippen molar-refractivity contribution in [3.63, 3.8) is 0 Å². The van der Waals surface area contributed by atoms with Crippen LogP contribution >= 0.6 is 22.7 Å². The Morgan fingerprint density at radius 3 is 2.80 bits per heavy atom. The third-order valence-corrected chi connectivity index (χ3v) is 6.07. The number of para-hydroxylation sites is 1. The molecule has 124 valence electrons. The highest BCUT2D eigenvalue weighted by atomic mass is 32.1. The molecule has 1 aromatic carbocycles. The van der Waals surface area contributed by atoms with Crippen molar-refractivity contribution in [2.24, 2.45) is 0 Å². The molecule has 0 aliphatic carbocycles. The van der Waals surface area contributed by atoms with Gasteiger partial charge in [0.05, 0.1) is 22.7 Å². The number of rotatable bonds is 4. The van der Waals surface area contributed by atoms with Gasteiger partial charge >= 0.3 is 0 Å². The van der Waals surface area contributed by atoms with Crippen LogP contribution < -0.4 is 5.43 Å². The lowest BCUT2D eigenvalue weighted by atomic mass is 9.99. The second-order valence-corrected chi connectivity index (χ2v) is 7.66. The molecule has 1 fully saturated rings. The van der Waals surface area contributed by atoms with Gasteiger partial charge in [0, 0.05) is 4.88 Å². The van der Waals surface area contributed by atoms with Gasteiger partial charge in [-0.3, -0.25) is 20.6 Å². The molecule has 2 aromatic heterocycles. The Bertz CT molecular complexity index is 955. The molecule has 1 aliphatic heterocycles. The Hall–Kier alpha value is -2.76. The maximum atomic E-state index is 11.7. The van der Waals surface area contributed by atoms with Crippen molar-refractivity contribution in [3.8, 4) is 6.07 Å². The Balaban J connectivity index is 1.80. The molecule has 8 heteroatoms. The fraction of sp³-hybridized carbons (Fsp3) is 0.176. The summed E-state index contributed by atoms with van der Waals surface area (Å²) in [6.07, 6.45) is 0.0276. The van der Waals surface area contributed by atoms with Crippen LogP contribution in [0, 0.1) is 16.7 Å². The number of carbonyl (C=O) groups excluding carboxylic acids is 1. The van der Waals surface area contributed by atoms with E-state index in [-0.39, 0.29) is 18.2 Å². The first kappa shape index (κ1) is 15.7. The normalized spacial score (nSPS) is 16.7. The standard InChI is InChI=1S/C17H13N5OS2/c18-9-10(17-20-11-4-1-2-5-12(11)25-17)16(13-6-3-7-24-13)22-14(19)8-15(23)21-22/h1-7,10,16,19H,8H2,(H,21,23). The van der Waals surface area contributed by atoms with Gasteiger partial charge in [-0.25, -0.2) is 4.98 Å². The first-order valence-electron chi connectivity index (χ1n) is 7.62. The van der Waals surface area contributed by atoms with Crippen LogP contribution in [0.25, 0.3) is 10.2 Å². The highest BCUT2D eigenvalue weighted by molar-refractivity contribution is 7.18. The molecule has 0 spiro atoms. The van der Waals surface area contributed by atoms with Gasteiger partial charge in [-0.05, 0) is 23.6 Å². The summed E-state index contributed by atoms with van der Waals surface area (Å²) in [7, 11) is 0. The average Bonchev–Trinajstić information content (AvgIpc) is 3.32. The predicted molar refractivity (Wildman–Crippen MR) is 97.4 cm³/mol. The monoisotopic (exact) mass is 367 g/mol. The number of carbonyl (C=O) groups is 1. The minimum absolute atomic E-state index is 0.0276. The molecule has 1 aliphatic rings. The largest absolute Gasteiger partial charge is 0.287 e. The summed E-state index contributed by atoms with van der Waals surface area (Å²) in [6.45, 7) is 0. The van der Waals surface area contributed by atoms with Gasteiger partial charge in [-0.15, -0.1) is 22.7 Å². The number of thiazole rings is 1. The van der Waals surface area contributed by atoms with Crippen LogP contribution in [0.1, 0.15) is 28.3 Å². The molecule has 0 bridgehead atoms. The van der Waals surface area contributed by atoms with E-state index < -0.39 is 12.0 Å². The van der Waals surface area contributed by atoms with E-state index >= 15 is 0 Å². The van der Waals surface area contributed by atoms with Gasteiger partial charge in [0.2, 0.25) is 5.91 Å². The first-order chi connectivity index (χ1) is 12.2. The van der Waals surface area contributed by atoms with E-state index in [0.29, 0.717) is 5.01 Å². The van der Waals surface area contributed by atoms with Crippen LogP contribution in [-0.4, -0.2) is 21.7 Å². The second kappa shape index (κ2) is 6.27. The number of nitrogens with zero attached hydrogens (tertiary/aromatic N) is 3. The molecule has 3 heterocycles. The number of hydrazine groups is 1. The van der Waals surface area contributed by atoms with E-state index in [1.165, 1.54) is 27.7 Å². The molecular formula is C17H13N5OS2. The number of nitrogens with one attached hydrogen (secondary N) is 2. The minimum atomic E-state index is -0.588. The van der Waals surface area contributed by atoms with Crippen LogP contribution in [0.2, 0.25) is 0 Å². The number of fused-ring (bicyclic) bond motifs is 1. The number of hydrogen-bond acceptors (Lipinski definition) is 6. The maximum Gasteiger partial charge on any atom is 0.246 e. The Labute approximate surface area is 151 Å². The molecule has 4 rings (SSSR count). The van der Waals surface area contributed by atoms with Gasteiger partial charge in [0.15, 0.2) is 0 Å². The fourth-order valence-electron chi connectivity index (χ4n) is 2.90. The zero-order valence-electron chi connectivity index (χ0n) is 13.0. The van der Waals surface area contributed by atoms with Crippen LogP contribution in [0.4, 0.5) is 0 Å². The lowest BCUT2D eigenvalue weighted by molar-refractivity contribution is -0.121. The summed E-state index contributed by atoms with van der Waals surface area (Å²) in [6, 6.07) is 13.5. The van der Waals surface area contributed by atoms with Crippen molar-refractivity contribution in [2.75, 3.05) is 0 Å². The topological polar surface area (TPSA) is 92.9 Å². The Morgan fingerprint density at radius 2 is 2.16 bits per heavy atom.